The van der Waals surface area contributed by atoms with E-state index in [2.05, 4.69) is 15.6 Å². The number of carbonyl (C=O) groups is 4. The second-order valence-corrected chi connectivity index (χ2v) is 13.8. The lowest BCUT2D eigenvalue weighted by Gasteiger charge is -2.27. The molecule has 0 saturated heterocycles. The SMILES string of the molecule is CC(C)CC(=O)N(CC(=O)Nc1ccc2c(c1)CC1(C2)C(=O)Nc2ncccc21)Cc1ccccc1CN(C)C(=O)OC(C)(C)C. The fourth-order valence-electron chi connectivity index (χ4n) is 6.16. The number of rotatable bonds is 9. The van der Waals surface area contributed by atoms with Crippen LogP contribution < -0.4 is 10.6 Å². The summed E-state index contributed by atoms with van der Waals surface area (Å²) in [5.74, 6) is 0.221. The quantitative estimate of drug-likeness (QED) is 0.326. The van der Waals surface area contributed by atoms with Crippen LogP contribution in [0.1, 0.15) is 68.9 Å². The summed E-state index contributed by atoms with van der Waals surface area (Å²) in [6.45, 7) is 9.77. The topological polar surface area (TPSA) is 121 Å². The Labute approximate surface area is 270 Å². The average Bonchev–Trinajstić information content (AvgIpc) is 3.49. The number of benzene rings is 2. The van der Waals surface area contributed by atoms with E-state index in [4.69, 9.17) is 4.74 Å². The highest BCUT2D eigenvalue weighted by molar-refractivity contribution is 6.06. The molecule has 1 aliphatic carbocycles. The third kappa shape index (κ3) is 7.22. The van der Waals surface area contributed by atoms with E-state index in [-0.39, 0.29) is 36.7 Å². The van der Waals surface area contributed by atoms with Gasteiger partial charge < -0.3 is 25.2 Å². The third-order valence-electron chi connectivity index (χ3n) is 8.33. The number of hydrogen-bond donors (Lipinski definition) is 2. The molecule has 1 aromatic heterocycles. The molecule has 46 heavy (non-hydrogen) atoms. The van der Waals surface area contributed by atoms with Crippen molar-refractivity contribution >= 4 is 35.3 Å². The van der Waals surface area contributed by atoms with E-state index in [1.54, 1.807) is 18.1 Å². The number of anilines is 2. The molecule has 0 radical (unpaired) electrons. The van der Waals surface area contributed by atoms with Gasteiger partial charge in [0.1, 0.15) is 18.0 Å². The number of pyridine rings is 1. The van der Waals surface area contributed by atoms with Crippen LogP contribution in [-0.2, 0) is 50.5 Å². The zero-order valence-electron chi connectivity index (χ0n) is 27.5. The van der Waals surface area contributed by atoms with Gasteiger partial charge in [-0.2, -0.15) is 0 Å². The Morgan fingerprint density at radius 2 is 1.70 bits per heavy atom. The Morgan fingerprint density at radius 3 is 2.39 bits per heavy atom. The molecule has 10 nitrogen and oxygen atoms in total. The second-order valence-electron chi connectivity index (χ2n) is 13.8. The summed E-state index contributed by atoms with van der Waals surface area (Å²) in [5, 5.41) is 5.90. The number of nitrogens with zero attached hydrogens (tertiary/aromatic N) is 3. The first kappa shape index (κ1) is 32.7. The second kappa shape index (κ2) is 12.9. The molecule has 0 saturated carbocycles. The normalized spacial score (nSPS) is 16.5. The summed E-state index contributed by atoms with van der Waals surface area (Å²) >= 11 is 0. The summed E-state index contributed by atoms with van der Waals surface area (Å²) in [4.78, 5) is 59.9. The minimum Gasteiger partial charge on any atom is -0.444 e. The Hall–Kier alpha value is -4.73. The zero-order valence-corrected chi connectivity index (χ0v) is 27.5. The highest BCUT2D eigenvalue weighted by Crippen LogP contribution is 2.46. The molecule has 2 N–H and O–H groups in total. The number of fused-ring (bicyclic) bond motifs is 3. The van der Waals surface area contributed by atoms with Crippen LogP contribution in [0.5, 0.6) is 0 Å². The highest BCUT2D eigenvalue weighted by atomic mass is 16.6. The lowest BCUT2D eigenvalue weighted by atomic mass is 9.79. The van der Waals surface area contributed by atoms with E-state index >= 15 is 0 Å². The van der Waals surface area contributed by atoms with Crippen LogP contribution in [0.15, 0.2) is 60.8 Å². The Bertz CT molecular complexity index is 1660. The molecule has 2 aliphatic rings. The van der Waals surface area contributed by atoms with Crippen LogP contribution in [0, 0.1) is 5.92 Å². The van der Waals surface area contributed by atoms with E-state index in [1.165, 1.54) is 4.90 Å². The Kier molecular flexibility index (Phi) is 9.19. The molecule has 0 fully saturated rings. The van der Waals surface area contributed by atoms with E-state index in [0.717, 1.165) is 27.8 Å². The maximum Gasteiger partial charge on any atom is 0.410 e. The first-order valence-electron chi connectivity index (χ1n) is 15.7. The minimum atomic E-state index is -0.695. The van der Waals surface area contributed by atoms with Crippen LogP contribution in [-0.4, -0.2) is 57.8 Å². The molecule has 2 aromatic carbocycles. The van der Waals surface area contributed by atoms with Crippen molar-refractivity contribution in [3.8, 4) is 0 Å². The van der Waals surface area contributed by atoms with Gasteiger partial charge in [0.15, 0.2) is 0 Å². The van der Waals surface area contributed by atoms with E-state index in [9.17, 15) is 19.2 Å². The summed E-state index contributed by atoms with van der Waals surface area (Å²) in [6.07, 6.45) is 2.62. The van der Waals surface area contributed by atoms with E-state index in [1.807, 2.05) is 89.2 Å². The molecule has 0 bridgehead atoms. The van der Waals surface area contributed by atoms with Crippen LogP contribution in [0.25, 0.3) is 0 Å². The zero-order chi connectivity index (χ0) is 33.2. The maximum atomic E-state index is 13.4. The van der Waals surface area contributed by atoms with Gasteiger partial charge in [0, 0.05) is 44.0 Å². The fourth-order valence-corrected chi connectivity index (χ4v) is 6.16. The number of aromatic nitrogens is 1. The van der Waals surface area contributed by atoms with Gasteiger partial charge in [-0.1, -0.05) is 50.2 Å². The van der Waals surface area contributed by atoms with Crippen molar-refractivity contribution in [1.82, 2.24) is 14.8 Å². The predicted octanol–water partition coefficient (Wildman–Crippen LogP) is 5.45. The van der Waals surface area contributed by atoms with Crippen molar-refractivity contribution < 1.29 is 23.9 Å². The smallest absolute Gasteiger partial charge is 0.410 e. The lowest BCUT2D eigenvalue weighted by molar-refractivity contribution is -0.136. The molecule has 1 atom stereocenters. The highest BCUT2D eigenvalue weighted by Gasteiger charge is 2.51. The first-order valence-corrected chi connectivity index (χ1v) is 15.7. The van der Waals surface area contributed by atoms with Gasteiger partial charge >= 0.3 is 6.09 Å². The molecule has 2 heterocycles. The molecular formula is C36H43N5O5. The van der Waals surface area contributed by atoms with Crippen molar-refractivity contribution in [1.29, 1.82) is 0 Å². The molecule has 4 amide bonds. The van der Waals surface area contributed by atoms with Gasteiger partial charge in [-0.05, 0) is 80.0 Å². The van der Waals surface area contributed by atoms with Crippen LogP contribution in [0.2, 0.25) is 0 Å². The summed E-state index contributed by atoms with van der Waals surface area (Å²) in [7, 11) is 1.67. The number of hydrogen-bond acceptors (Lipinski definition) is 6. The monoisotopic (exact) mass is 625 g/mol. The fraction of sp³-hybridized carbons (Fsp3) is 0.417. The van der Waals surface area contributed by atoms with Crippen molar-refractivity contribution in [3.05, 3.63) is 88.6 Å². The van der Waals surface area contributed by atoms with Crippen molar-refractivity contribution in [2.24, 2.45) is 5.92 Å². The average molecular weight is 626 g/mol. The third-order valence-corrected chi connectivity index (χ3v) is 8.33. The molecule has 1 aliphatic heterocycles. The first-order chi connectivity index (χ1) is 21.7. The van der Waals surface area contributed by atoms with Gasteiger partial charge in [-0.3, -0.25) is 14.4 Å². The minimum absolute atomic E-state index is 0.0557. The van der Waals surface area contributed by atoms with E-state index < -0.39 is 17.1 Å². The Balaban J connectivity index is 1.29. The number of carbonyl (C=O) groups excluding carboxylic acids is 4. The molecular weight excluding hydrogens is 582 g/mol. The molecule has 1 spiro atoms. The molecule has 5 rings (SSSR count). The molecule has 3 aromatic rings. The van der Waals surface area contributed by atoms with Gasteiger partial charge in [-0.15, -0.1) is 0 Å². The van der Waals surface area contributed by atoms with Gasteiger partial charge in [0.25, 0.3) is 0 Å². The van der Waals surface area contributed by atoms with Crippen LogP contribution in [0.4, 0.5) is 16.3 Å². The molecule has 1 unspecified atom stereocenters. The number of amides is 4. The standard InChI is InChI=1S/C36H43N5O5/c1-23(2)16-31(43)41(21-26-11-8-7-10-25(26)20-40(6)34(45)46-35(3,4)5)22-30(42)38-28-14-13-24-18-36(19-27(24)17-28)29-12-9-15-37-32(29)39-33(36)44/h7-15,17,23H,16,18-22H2,1-6H3,(H,38,42)(H,37,39,44). The van der Waals surface area contributed by atoms with Crippen LogP contribution in [0.3, 0.4) is 0 Å². The predicted molar refractivity (Wildman–Crippen MR) is 176 cm³/mol. The largest absolute Gasteiger partial charge is 0.444 e. The van der Waals surface area contributed by atoms with Crippen molar-refractivity contribution in [3.63, 3.8) is 0 Å². The van der Waals surface area contributed by atoms with Gasteiger partial charge in [0.05, 0.1) is 5.41 Å². The molecule has 10 heteroatoms. The number of nitrogens with one attached hydrogen (secondary N) is 2. The maximum absolute atomic E-state index is 13.4. The number of ether oxygens (including phenoxy) is 1. The van der Waals surface area contributed by atoms with Crippen molar-refractivity contribution in [2.75, 3.05) is 24.2 Å². The van der Waals surface area contributed by atoms with Gasteiger partial charge in [-0.25, -0.2) is 9.78 Å². The van der Waals surface area contributed by atoms with E-state index in [0.29, 0.717) is 37.3 Å². The summed E-state index contributed by atoms with van der Waals surface area (Å²) in [6, 6.07) is 17.1. The molecule has 242 valence electrons. The lowest BCUT2D eigenvalue weighted by Crippen LogP contribution is -2.38. The van der Waals surface area contributed by atoms with Crippen molar-refractivity contribution in [2.45, 2.75) is 78.0 Å². The Morgan fingerprint density at radius 1 is 1.00 bits per heavy atom. The van der Waals surface area contributed by atoms with Crippen LogP contribution >= 0.6 is 0 Å². The summed E-state index contributed by atoms with van der Waals surface area (Å²) < 4.78 is 5.51. The van der Waals surface area contributed by atoms with Gasteiger partial charge in [0.2, 0.25) is 17.7 Å². The summed E-state index contributed by atoms with van der Waals surface area (Å²) in [5.41, 5.74) is 3.97.